The van der Waals surface area contributed by atoms with Crippen molar-refractivity contribution in [3.05, 3.63) is 59.7 Å². The second-order valence-corrected chi connectivity index (χ2v) is 4.71. The number of aryl methyl sites for hydroxylation is 1. The van der Waals surface area contributed by atoms with E-state index in [0.29, 0.717) is 11.3 Å². The van der Waals surface area contributed by atoms with Crippen LogP contribution in [0.25, 0.3) is 22.5 Å². The molecule has 0 saturated heterocycles. The summed E-state index contributed by atoms with van der Waals surface area (Å²) in [6.45, 7) is 1.90. The van der Waals surface area contributed by atoms with Gasteiger partial charge in [-0.15, -0.1) is 0 Å². The van der Waals surface area contributed by atoms with Crippen LogP contribution in [-0.2, 0) is 0 Å². The number of aromatic nitrogens is 1. The van der Waals surface area contributed by atoms with Gasteiger partial charge in [0.25, 0.3) is 0 Å². The highest BCUT2D eigenvalue weighted by atomic mass is 19.1. The molecule has 0 saturated carbocycles. The highest BCUT2D eigenvalue weighted by molar-refractivity contribution is 5.87. The minimum absolute atomic E-state index is 0.0683. The first kappa shape index (κ1) is 13.3. The smallest absolute Gasteiger partial charge is 0.177 e. The highest BCUT2D eigenvalue weighted by Crippen LogP contribution is 2.38. The van der Waals surface area contributed by atoms with Crippen molar-refractivity contribution in [3.63, 3.8) is 0 Å². The van der Waals surface area contributed by atoms with E-state index in [1.54, 1.807) is 0 Å². The van der Waals surface area contributed by atoms with Crippen molar-refractivity contribution in [2.75, 3.05) is 5.73 Å². The summed E-state index contributed by atoms with van der Waals surface area (Å²) in [5.74, 6) is -0.918. The largest absolute Gasteiger partial charge is 0.380 e. The van der Waals surface area contributed by atoms with Crippen LogP contribution in [-0.4, -0.2) is 5.16 Å². The van der Waals surface area contributed by atoms with E-state index in [9.17, 15) is 8.78 Å². The van der Waals surface area contributed by atoms with Crippen LogP contribution in [0.4, 0.5) is 14.6 Å². The van der Waals surface area contributed by atoms with E-state index in [1.807, 2.05) is 31.2 Å². The van der Waals surface area contributed by atoms with Crippen molar-refractivity contribution in [1.29, 1.82) is 0 Å². The van der Waals surface area contributed by atoms with E-state index in [-0.39, 0.29) is 11.4 Å². The van der Waals surface area contributed by atoms with Crippen LogP contribution in [0, 0.1) is 18.6 Å². The number of halogens is 2. The molecule has 0 radical (unpaired) electrons. The fourth-order valence-corrected chi connectivity index (χ4v) is 2.27. The number of nitrogens with two attached hydrogens (primary N) is 1. The van der Waals surface area contributed by atoms with Crippen LogP contribution in [0.5, 0.6) is 0 Å². The molecule has 0 bridgehead atoms. The van der Waals surface area contributed by atoms with E-state index >= 15 is 0 Å². The molecule has 5 heteroatoms. The fraction of sp³-hybridized carbons (Fsp3) is 0.0625. The van der Waals surface area contributed by atoms with Crippen molar-refractivity contribution < 1.29 is 13.3 Å². The van der Waals surface area contributed by atoms with Crippen LogP contribution >= 0.6 is 0 Å². The Kier molecular flexibility index (Phi) is 3.17. The molecule has 106 valence electrons. The first-order valence-electron chi connectivity index (χ1n) is 6.34. The van der Waals surface area contributed by atoms with E-state index in [1.165, 1.54) is 12.1 Å². The van der Waals surface area contributed by atoms with E-state index in [2.05, 4.69) is 5.16 Å². The topological polar surface area (TPSA) is 52.0 Å². The van der Waals surface area contributed by atoms with Gasteiger partial charge in [0.15, 0.2) is 11.6 Å². The minimum Gasteiger partial charge on any atom is -0.380 e. The van der Waals surface area contributed by atoms with Crippen molar-refractivity contribution in [2.45, 2.75) is 6.92 Å². The molecule has 2 N–H and O–H groups in total. The number of hydrogen-bond acceptors (Lipinski definition) is 3. The Morgan fingerprint density at radius 3 is 2.52 bits per heavy atom. The lowest BCUT2D eigenvalue weighted by atomic mass is 9.98. The van der Waals surface area contributed by atoms with Crippen LogP contribution < -0.4 is 5.73 Å². The molecule has 0 aliphatic heterocycles. The summed E-state index contributed by atoms with van der Waals surface area (Å²) in [7, 11) is 0. The van der Waals surface area contributed by atoms with Crippen molar-refractivity contribution in [1.82, 2.24) is 5.16 Å². The molecule has 0 spiro atoms. The van der Waals surface area contributed by atoms with Crippen LogP contribution in [0.15, 0.2) is 47.0 Å². The van der Waals surface area contributed by atoms with E-state index in [0.717, 1.165) is 17.2 Å². The van der Waals surface area contributed by atoms with Crippen molar-refractivity contribution >= 4 is 5.82 Å². The Hall–Kier alpha value is -2.69. The molecule has 0 aliphatic carbocycles. The average molecular weight is 286 g/mol. The van der Waals surface area contributed by atoms with Gasteiger partial charge in [0.05, 0.1) is 5.56 Å². The maximum atomic E-state index is 14.0. The maximum Gasteiger partial charge on any atom is 0.177 e. The van der Waals surface area contributed by atoms with Crippen molar-refractivity contribution in [2.24, 2.45) is 0 Å². The van der Waals surface area contributed by atoms with Crippen LogP contribution in [0.3, 0.4) is 0 Å². The van der Waals surface area contributed by atoms with E-state index in [4.69, 9.17) is 10.3 Å². The lowest BCUT2D eigenvalue weighted by Gasteiger charge is -2.06. The third kappa shape index (κ3) is 2.27. The first-order chi connectivity index (χ1) is 10.1. The number of hydrogen-bond donors (Lipinski definition) is 1. The predicted octanol–water partition coefficient (Wildman–Crippen LogP) is 4.18. The fourth-order valence-electron chi connectivity index (χ4n) is 2.27. The minimum atomic E-state index is -0.709. The zero-order chi connectivity index (χ0) is 15.0. The molecule has 3 nitrogen and oxygen atoms in total. The zero-order valence-corrected chi connectivity index (χ0v) is 11.2. The molecule has 2 aromatic carbocycles. The van der Waals surface area contributed by atoms with Crippen molar-refractivity contribution in [3.8, 4) is 22.5 Å². The number of benzene rings is 2. The van der Waals surface area contributed by atoms with Gasteiger partial charge in [-0.1, -0.05) is 29.4 Å². The summed E-state index contributed by atoms with van der Waals surface area (Å²) in [5.41, 5.74) is 8.00. The van der Waals surface area contributed by atoms with Gasteiger partial charge in [-0.05, 0) is 24.6 Å². The van der Waals surface area contributed by atoms with Gasteiger partial charge in [0.2, 0.25) is 0 Å². The number of anilines is 1. The third-order valence-corrected chi connectivity index (χ3v) is 3.31. The Balaban J connectivity index is 2.25. The molecule has 3 rings (SSSR count). The predicted molar refractivity (Wildman–Crippen MR) is 76.4 cm³/mol. The summed E-state index contributed by atoms with van der Waals surface area (Å²) in [6, 6.07) is 10.8. The second kappa shape index (κ2) is 5.01. The Labute approximate surface area is 120 Å². The van der Waals surface area contributed by atoms with Gasteiger partial charge in [0.1, 0.15) is 11.6 Å². The van der Waals surface area contributed by atoms with Gasteiger partial charge >= 0.3 is 0 Å². The molecule has 3 aromatic rings. The summed E-state index contributed by atoms with van der Waals surface area (Å²) in [4.78, 5) is 0. The summed E-state index contributed by atoms with van der Waals surface area (Å²) >= 11 is 0. The standard InChI is InChI=1S/C16H12F2N2O/c1-9-4-2-3-5-11(9)15-14(16(19)20-21-15)12-7-6-10(17)8-13(12)18/h2-8H,1H3,(H2,19,20). The number of rotatable bonds is 2. The quantitative estimate of drug-likeness (QED) is 0.769. The first-order valence-corrected chi connectivity index (χ1v) is 6.34. The highest BCUT2D eigenvalue weighted by Gasteiger charge is 2.21. The average Bonchev–Trinajstić information content (AvgIpc) is 2.81. The number of nitrogen functional groups attached to an aromatic ring is 1. The molecule has 0 unspecified atom stereocenters. The summed E-state index contributed by atoms with van der Waals surface area (Å²) < 4.78 is 32.4. The van der Waals surface area contributed by atoms with Gasteiger partial charge in [-0.3, -0.25) is 0 Å². The Morgan fingerprint density at radius 2 is 1.81 bits per heavy atom. The molecule has 0 amide bonds. The second-order valence-electron chi connectivity index (χ2n) is 4.71. The summed E-state index contributed by atoms with van der Waals surface area (Å²) in [6.07, 6.45) is 0. The van der Waals surface area contributed by atoms with Crippen LogP contribution in [0.1, 0.15) is 5.56 Å². The molecule has 21 heavy (non-hydrogen) atoms. The molecule has 0 atom stereocenters. The molecule has 0 fully saturated rings. The van der Waals surface area contributed by atoms with Gasteiger partial charge in [-0.2, -0.15) is 0 Å². The molecule has 1 aromatic heterocycles. The zero-order valence-electron chi connectivity index (χ0n) is 11.2. The molecule has 1 heterocycles. The Bertz CT molecular complexity index is 812. The Morgan fingerprint density at radius 1 is 1.05 bits per heavy atom. The van der Waals surface area contributed by atoms with Gasteiger partial charge < -0.3 is 10.3 Å². The normalized spacial score (nSPS) is 10.8. The number of nitrogens with zero attached hydrogens (tertiary/aromatic N) is 1. The molecule has 0 aliphatic rings. The molecular formula is C16H12F2N2O. The lowest BCUT2D eigenvalue weighted by Crippen LogP contribution is -1.93. The van der Waals surface area contributed by atoms with Gasteiger partial charge in [0, 0.05) is 17.2 Å². The van der Waals surface area contributed by atoms with Gasteiger partial charge in [-0.25, -0.2) is 8.78 Å². The van der Waals surface area contributed by atoms with Crippen LogP contribution in [0.2, 0.25) is 0 Å². The molecular weight excluding hydrogens is 274 g/mol. The third-order valence-electron chi connectivity index (χ3n) is 3.31. The van der Waals surface area contributed by atoms with E-state index < -0.39 is 11.6 Å². The lowest BCUT2D eigenvalue weighted by molar-refractivity contribution is 0.436. The monoisotopic (exact) mass is 286 g/mol. The maximum absolute atomic E-state index is 14.0. The summed E-state index contributed by atoms with van der Waals surface area (Å²) in [5, 5.41) is 3.72. The SMILES string of the molecule is Cc1ccccc1-c1onc(N)c1-c1ccc(F)cc1F.